The highest BCUT2D eigenvalue weighted by atomic mass is 16.2. The molecule has 2 atom stereocenters. The number of nitrogens with one attached hydrogen (secondary N) is 2. The minimum absolute atomic E-state index is 0.0359. The molecular formula is C22H29N5O3. The predicted molar refractivity (Wildman–Crippen MR) is 113 cm³/mol. The van der Waals surface area contributed by atoms with E-state index in [0.29, 0.717) is 25.3 Å². The fourth-order valence-corrected chi connectivity index (χ4v) is 3.31. The summed E-state index contributed by atoms with van der Waals surface area (Å²) in [5, 5.41) is 9.82. The highest BCUT2D eigenvalue weighted by Gasteiger charge is 2.27. The van der Waals surface area contributed by atoms with Crippen molar-refractivity contribution in [3.05, 3.63) is 53.3 Å². The van der Waals surface area contributed by atoms with Gasteiger partial charge in [-0.15, -0.1) is 0 Å². The second-order valence-electron chi connectivity index (χ2n) is 7.72. The van der Waals surface area contributed by atoms with E-state index in [1.54, 1.807) is 16.5 Å². The number of aryl methyl sites for hydroxylation is 1. The number of hydrogen-bond acceptors (Lipinski definition) is 4. The van der Waals surface area contributed by atoms with Gasteiger partial charge in [0.2, 0.25) is 5.91 Å². The lowest BCUT2D eigenvalue weighted by atomic mass is 10.2. The normalized spacial score (nSPS) is 15.7. The Balaban J connectivity index is 1.69. The first kappa shape index (κ1) is 21.5. The summed E-state index contributed by atoms with van der Waals surface area (Å²) in [5.74, 6) is -0.862. The molecule has 1 aromatic heterocycles. The smallest absolute Gasteiger partial charge is 0.272 e. The molecule has 0 radical (unpaired) electrons. The molecule has 2 unspecified atom stereocenters. The van der Waals surface area contributed by atoms with E-state index in [-0.39, 0.29) is 23.6 Å². The average molecular weight is 412 g/mol. The van der Waals surface area contributed by atoms with Gasteiger partial charge < -0.3 is 15.5 Å². The van der Waals surface area contributed by atoms with Crippen molar-refractivity contribution in [1.82, 2.24) is 25.3 Å². The van der Waals surface area contributed by atoms with Crippen LogP contribution in [-0.4, -0.2) is 51.0 Å². The molecule has 30 heavy (non-hydrogen) atoms. The number of nitrogens with zero attached hydrogens (tertiary/aromatic N) is 3. The Morgan fingerprint density at radius 3 is 2.57 bits per heavy atom. The fraction of sp³-hybridized carbons (Fsp3) is 0.455. The molecule has 2 heterocycles. The maximum absolute atomic E-state index is 13.0. The van der Waals surface area contributed by atoms with Crippen LogP contribution >= 0.6 is 0 Å². The van der Waals surface area contributed by atoms with E-state index in [9.17, 15) is 14.4 Å². The Morgan fingerprint density at radius 2 is 1.87 bits per heavy atom. The van der Waals surface area contributed by atoms with Crippen molar-refractivity contribution in [3.8, 4) is 0 Å². The zero-order valence-corrected chi connectivity index (χ0v) is 17.7. The first-order valence-corrected chi connectivity index (χ1v) is 10.4. The fourth-order valence-electron chi connectivity index (χ4n) is 3.31. The first-order chi connectivity index (χ1) is 14.4. The molecule has 160 valence electrons. The third-order valence-corrected chi connectivity index (χ3v) is 5.28. The molecule has 0 saturated carbocycles. The number of hydrogen-bond donors (Lipinski definition) is 2. The van der Waals surface area contributed by atoms with Gasteiger partial charge in [0.25, 0.3) is 11.8 Å². The zero-order valence-electron chi connectivity index (χ0n) is 17.7. The van der Waals surface area contributed by atoms with Gasteiger partial charge in [-0.3, -0.25) is 19.1 Å². The minimum Gasteiger partial charge on any atom is -0.352 e. The summed E-state index contributed by atoms with van der Waals surface area (Å²) in [5.41, 5.74) is 1.59. The van der Waals surface area contributed by atoms with E-state index >= 15 is 0 Å². The molecule has 0 spiro atoms. The highest BCUT2D eigenvalue weighted by molar-refractivity contribution is 5.99. The topological polar surface area (TPSA) is 96.3 Å². The number of carbonyl (C=O) groups excluding carboxylic acids is 3. The average Bonchev–Trinajstić information content (AvgIpc) is 3.11. The molecule has 2 aromatic rings. The highest BCUT2D eigenvalue weighted by Crippen LogP contribution is 2.16. The van der Waals surface area contributed by atoms with Crippen molar-refractivity contribution in [2.45, 2.75) is 58.8 Å². The van der Waals surface area contributed by atoms with E-state index < -0.39 is 11.9 Å². The number of aromatic nitrogens is 2. The number of amides is 3. The zero-order chi connectivity index (χ0) is 21.7. The Morgan fingerprint density at radius 1 is 1.13 bits per heavy atom. The Bertz CT molecular complexity index is 909. The number of benzene rings is 1. The first-order valence-electron chi connectivity index (χ1n) is 10.4. The van der Waals surface area contributed by atoms with Gasteiger partial charge in [0.15, 0.2) is 5.69 Å². The molecule has 1 aromatic carbocycles. The predicted octanol–water partition coefficient (Wildman–Crippen LogP) is 1.96. The van der Waals surface area contributed by atoms with Crippen molar-refractivity contribution >= 4 is 17.7 Å². The lowest BCUT2D eigenvalue weighted by Crippen LogP contribution is -2.47. The van der Waals surface area contributed by atoms with Crippen LogP contribution in [0.5, 0.6) is 0 Å². The minimum atomic E-state index is -0.696. The molecule has 0 saturated heterocycles. The Labute approximate surface area is 176 Å². The summed E-state index contributed by atoms with van der Waals surface area (Å²) in [7, 11) is 0. The third-order valence-electron chi connectivity index (χ3n) is 5.28. The van der Waals surface area contributed by atoms with E-state index in [1.807, 2.05) is 44.2 Å². The van der Waals surface area contributed by atoms with Crippen LogP contribution in [0.3, 0.4) is 0 Å². The van der Waals surface area contributed by atoms with Gasteiger partial charge in [0, 0.05) is 31.7 Å². The second kappa shape index (κ2) is 9.56. The van der Waals surface area contributed by atoms with Crippen LogP contribution in [0.4, 0.5) is 0 Å². The summed E-state index contributed by atoms with van der Waals surface area (Å²) in [6.07, 6.45) is 1.56. The van der Waals surface area contributed by atoms with Gasteiger partial charge >= 0.3 is 0 Å². The van der Waals surface area contributed by atoms with Crippen LogP contribution < -0.4 is 10.6 Å². The van der Waals surface area contributed by atoms with E-state index in [0.717, 1.165) is 18.4 Å². The van der Waals surface area contributed by atoms with Gasteiger partial charge in [0.1, 0.15) is 11.7 Å². The van der Waals surface area contributed by atoms with Crippen molar-refractivity contribution in [2.75, 3.05) is 6.54 Å². The van der Waals surface area contributed by atoms with Gasteiger partial charge in [-0.2, -0.15) is 5.10 Å². The maximum Gasteiger partial charge on any atom is 0.272 e. The number of fused-ring (bicyclic) bond motifs is 1. The molecule has 8 nitrogen and oxygen atoms in total. The van der Waals surface area contributed by atoms with Crippen molar-refractivity contribution < 1.29 is 14.4 Å². The number of rotatable bonds is 7. The van der Waals surface area contributed by atoms with Crippen molar-refractivity contribution in [2.24, 2.45) is 0 Å². The molecular weight excluding hydrogens is 382 g/mol. The van der Waals surface area contributed by atoms with Crippen molar-refractivity contribution in [3.63, 3.8) is 0 Å². The molecule has 0 fully saturated rings. The third kappa shape index (κ3) is 5.06. The second-order valence-corrected chi connectivity index (χ2v) is 7.72. The maximum atomic E-state index is 13.0. The van der Waals surface area contributed by atoms with E-state index in [4.69, 9.17) is 0 Å². The number of carbonyl (C=O) groups is 3. The SMILES string of the molecule is CCC(C)NC(=O)C(C)NC(=O)c1cc2n(n1)CCCN(Cc1ccccc1)C2=O. The molecule has 2 N–H and O–H groups in total. The van der Waals surface area contributed by atoms with Crippen LogP contribution in [0, 0.1) is 0 Å². The summed E-state index contributed by atoms with van der Waals surface area (Å²) in [4.78, 5) is 39.6. The standard InChI is InChI=1S/C22H29N5O3/c1-4-15(2)23-20(28)16(3)24-21(29)18-13-19-22(30)26(11-8-12-27(19)25-18)14-17-9-6-5-7-10-17/h5-7,9-10,13,15-16H,4,8,11-12,14H2,1-3H3,(H,23,28)(H,24,29). The Hall–Kier alpha value is -3.16. The Kier molecular flexibility index (Phi) is 6.87. The summed E-state index contributed by atoms with van der Waals surface area (Å²) >= 11 is 0. The van der Waals surface area contributed by atoms with Gasteiger partial charge in [0.05, 0.1) is 0 Å². The quantitative estimate of drug-likeness (QED) is 0.728. The molecule has 3 rings (SSSR count). The van der Waals surface area contributed by atoms with Crippen LogP contribution in [0.2, 0.25) is 0 Å². The van der Waals surface area contributed by atoms with Gasteiger partial charge in [-0.1, -0.05) is 37.3 Å². The van der Waals surface area contributed by atoms with E-state index in [2.05, 4.69) is 15.7 Å². The lowest BCUT2D eigenvalue weighted by molar-refractivity contribution is -0.123. The summed E-state index contributed by atoms with van der Waals surface area (Å²) in [6, 6.07) is 10.7. The monoisotopic (exact) mass is 411 g/mol. The molecule has 8 heteroatoms. The molecule has 0 bridgehead atoms. The molecule has 1 aliphatic rings. The van der Waals surface area contributed by atoms with Crippen LogP contribution in [0.1, 0.15) is 60.2 Å². The largest absolute Gasteiger partial charge is 0.352 e. The van der Waals surface area contributed by atoms with Gasteiger partial charge in [-0.05, 0) is 32.3 Å². The van der Waals surface area contributed by atoms with Crippen LogP contribution in [-0.2, 0) is 17.9 Å². The lowest BCUT2D eigenvalue weighted by Gasteiger charge is -2.20. The summed E-state index contributed by atoms with van der Waals surface area (Å²) < 4.78 is 1.59. The summed E-state index contributed by atoms with van der Waals surface area (Å²) in [6.45, 7) is 7.22. The molecule has 1 aliphatic heterocycles. The molecule has 3 amide bonds. The molecule has 0 aliphatic carbocycles. The van der Waals surface area contributed by atoms with Crippen LogP contribution in [0.25, 0.3) is 0 Å². The van der Waals surface area contributed by atoms with Gasteiger partial charge in [-0.25, -0.2) is 0 Å². The van der Waals surface area contributed by atoms with E-state index in [1.165, 1.54) is 6.07 Å². The van der Waals surface area contributed by atoms with Crippen molar-refractivity contribution in [1.29, 1.82) is 0 Å². The van der Waals surface area contributed by atoms with Crippen LogP contribution in [0.15, 0.2) is 36.4 Å².